The van der Waals surface area contributed by atoms with E-state index in [1.807, 2.05) is 12.1 Å². The zero-order chi connectivity index (χ0) is 14.9. The Kier molecular flexibility index (Phi) is 4.50. The molecule has 3 heteroatoms. The van der Waals surface area contributed by atoms with Crippen LogP contribution in [0.15, 0.2) is 24.3 Å². The Balaban J connectivity index is 2.19. The molecule has 1 aliphatic heterocycles. The fourth-order valence-electron chi connectivity index (χ4n) is 3.00. The number of benzene rings is 1. The van der Waals surface area contributed by atoms with E-state index in [1.165, 1.54) is 0 Å². The number of piperazine rings is 1. The molecule has 112 valence electrons. The van der Waals surface area contributed by atoms with Crippen LogP contribution in [-0.2, 0) is 0 Å². The number of rotatable bonds is 2. The maximum atomic E-state index is 14.0. The summed E-state index contributed by atoms with van der Waals surface area (Å²) in [6.45, 7) is 13.0. The first-order chi connectivity index (χ1) is 9.30. The van der Waals surface area contributed by atoms with Gasteiger partial charge in [-0.25, -0.2) is 4.39 Å². The van der Waals surface area contributed by atoms with Crippen molar-refractivity contribution in [3.05, 3.63) is 35.6 Å². The highest BCUT2D eigenvalue weighted by atomic mass is 19.1. The molecule has 2 rings (SSSR count). The minimum absolute atomic E-state index is 0.0990. The summed E-state index contributed by atoms with van der Waals surface area (Å²) in [6, 6.07) is 8.10. The lowest BCUT2D eigenvalue weighted by Gasteiger charge is -2.46. The largest absolute Gasteiger partial charge is 0.311 e. The molecule has 1 saturated heterocycles. The molecule has 0 amide bonds. The van der Waals surface area contributed by atoms with Gasteiger partial charge in [-0.15, -0.1) is 0 Å². The third-order valence-electron chi connectivity index (χ3n) is 4.52. The molecule has 0 aliphatic carbocycles. The normalized spacial score (nSPS) is 26.5. The van der Waals surface area contributed by atoms with Crippen LogP contribution in [0.25, 0.3) is 0 Å². The van der Waals surface area contributed by atoms with Crippen LogP contribution in [0.3, 0.4) is 0 Å². The third kappa shape index (κ3) is 3.21. The second-order valence-corrected chi connectivity index (χ2v) is 7.07. The first-order valence-corrected chi connectivity index (χ1v) is 7.54. The minimum atomic E-state index is -0.0990. The van der Waals surface area contributed by atoms with Gasteiger partial charge in [0.05, 0.1) is 0 Å². The van der Waals surface area contributed by atoms with Crippen molar-refractivity contribution in [1.29, 1.82) is 0 Å². The van der Waals surface area contributed by atoms with Gasteiger partial charge in [-0.05, 0) is 25.3 Å². The Bertz CT molecular complexity index is 453. The highest BCUT2D eigenvalue weighted by Gasteiger charge is 2.35. The van der Waals surface area contributed by atoms with Crippen LogP contribution in [0.5, 0.6) is 0 Å². The molecule has 0 spiro atoms. The number of nitrogens with zero attached hydrogens (tertiary/aromatic N) is 1. The molecule has 1 aliphatic rings. The molecular formula is C17H27FN2. The zero-order valence-electron chi connectivity index (χ0n) is 13.3. The standard InChI is InChI=1S/C17H27FN2/c1-12-10-19-16(17(3,4)5)11-20(12)13(2)14-8-6-7-9-15(14)18/h6-9,12-13,16,19H,10-11H2,1-5H3. The van der Waals surface area contributed by atoms with E-state index in [9.17, 15) is 4.39 Å². The van der Waals surface area contributed by atoms with Crippen LogP contribution < -0.4 is 5.32 Å². The summed E-state index contributed by atoms with van der Waals surface area (Å²) >= 11 is 0. The van der Waals surface area contributed by atoms with Crippen molar-refractivity contribution in [2.45, 2.75) is 52.7 Å². The molecule has 0 saturated carbocycles. The van der Waals surface area contributed by atoms with E-state index in [1.54, 1.807) is 12.1 Å². The molecule has 3 atom stereocenters. The first-order valence-electron chi connectivity index (χ1n) is 7.54. The molecular weight excluding hydrogens is 251 g/mol. The minimum Gasteiger partial charge on any atom is -0.311 e. The summed E-state index contributed by atoms with van der Waals surface area (Å²) in [5, 5.41) is 3.62. The number of nitrogens with one attached hydrogen (secondary N) is 1. The molecule has 1 heterocycles. The number of halogens is 1. The summed E-state index contributed by atoms with van der Waals surface area (Å²) in [4.78, 5) is 2.42. The van der Waals surface area contributed by atoms with Gasteiger partial charge < -0.3 is 5.32 Å². The molecule has 0 aromatic heterocycles. The summed E-state index contributed by atoms with van der Waals surface area (Å²) in [6.07, 6.45) is 0. The fourth-order valence-corrected chi connectivity index (χ4v) is 3.00. The number of hydrogen-bond acceptors (Lipinski definition) is 2. The van der Waals surface area contributed by atoms with Crippen LogP contribution in [0.1, 0.15) is 46.2 Å². The Morgan fingerprint density at radius 2 is 1.95 bits per heavy atom. The monoisotopic (exact) mass is 278 g/mol. The average molecular weight is 278 g/mol. The van der Waals surface area contributed by atoms with Gasteiger partial charge in [-0.2, -0.15) is 0 Å². The predicted molar refractivity (Wildman–Crippen MR) is 82.2 cm³/mol. The molecule has 20 heavy (non-hydrogen) atoms. The average Bonchev–Trinajstić information content (AvgIpc) is 2.37. The highest BCUT2D eigenvalue weighted by molar-refractivity contribution is 5.21. The summed E-state index contributed by atoms with van der Waals surface area (Å²) in [5.74, 6) is -0.0990. The van der Waals surface area contributed by atoms with Gasteiger partial charge in [0.2, 0.25) is 0 Å². The molecule has 1 N–H and O–H groups in total. The second-order valence-electron chi connectivity index (χ2n) is 7.07. The van der Waals surface area contributed by atoms with E-state index in [0.717, 1.165) is 18.7 Å². The smallest absolute Gasteiger partial charge is 0.127 e. The SMILES string of the molecule is CC1CNC(C(C)(C)C)CN1C(C)c1ccccc1F. The Hall–Kier alpha value is -0.930. The van der Waals surface area contributed by atoms with Crippen molar-refractivity contribution in [3.8, 4) is 0 Å². The summed E-state index contributed by atoms with van der Waals surface area (Å²) in [5.41, 5.74) is 1.02. The van der Waals surface area contributed by atoms with Crippen LogP contribution in [0.4, 0.5) is 4.39 Å². The topological polar surface area (TPSA) is 15.3 Å². The van der Waals surface area contributed by atoms with Crippen LogP contribution in [0.2, 0.25) is 0 Å². The Labute approximate surface area is 122 Å². The van der Waals surface area contributed by atoms with E-state index in [0.29, 0.717) is 12.1 Å². The zero-order valence-corrected chi connectivity index (χ0v) is 13.3. The van der Waals surface area contributed by atoms with E-state index in [-0.39, 0.29) is 17.3 Å². The van der Waals surface area contributed by atoms with Gasteiger partial charge in [0.15, 0.2) is 0 Å². The van der Waals surface area contributed by atoms with Crippen molar-refractivity contribution in [3.63, 3.8) is 0 Å². The Morgan fingerprint density at radius 1 is 1.30 bits per heavy atom. The van der Waals surface area contributed by atoms with Crippen molar-refractivity contribution in [1.82, 2.24) is 10.2 Å². The molecule has 1 aromatic rings. The van der Waals surface area contributed by atoms with Gasteiger partial charge in [0, 0.05) is 36.8 Å². The molecule has 3 unspecified atom stereocenters. The van der Waals surface area contributed by atoms with Gasteiger partial charge in [-0.3, -0.25) is 4.90 Å². The summed E-state index contributed by atoms with van der Waals surface area (Å²) in [7, 11) is 0. The van der Waals surface area contributed by atoms with Crippen molar-refractivity contribution in [2.24, 2.45) is 5.41 Å². The second kappa shape index (κ2) is 5.82. The van der Waals surface area contributed by atoms with E-state index >= 15 is 0 Å². The molecule has 1 aromatic carbocycles. The molecule has 0 bridgehead atoms. The lowest BCUT2D eigenvalue weighted by atomic mass is 9.84. The van der Waals surface area contributed by atoms with E-state index in [2.05, 4.69) is 44.8 Å². The molecule has 0 radical (unpaired) electrons. The lowest BCUT2D eigenvalue weighted by Crippen LogP contribution is -2.59. The number of hydrogen-bond donors (Lipinski definition) is 1. The maximum Gasteiger partial charge on any atom is 0.127 e. The third-order valence-corrected chi connectivity index (χ3v) is 4.52. The van der Waals surface area contributed by atoms with Crippen molar-refractivity contribution >= 4 is 0 Å². The van der Waals surface area contributed by atoms with E-state index in [4.69, 9.17) is 0 Å². The first kappa shape index (κ1) is 15.5. The van der Waals surface area contributed by atoms with Gasteiger partial charge in [0.25, 0.3) is 0 Å². The summed E-state index contributed by atoms with van der Waals surface area (Å²) < 4.78 is 14.0. The quantitative estimate of drug-likeness (QED) is 0.889. The lowest BCUT2D eigenvalue weighted by molar-refractivity contribution is 0.0616. The maximum absolute atomic E-state index is 14.0. The van der Waals surface area contributed by atoms with Crippen molar-refractivity contribution < 1.29 is 4.39 Å². The fraction of sp³-hybridized carbons (Fsp3) is 0.647. The van der Waals surface area contributed by atoms with E-state index < -0.39 is 0 Å². The predicted octanol–water partition coefficient (Wildman–Crippen LogP) is 3.60. The highest BCUT2D eigenvalue weighted by Crippen LogP contribution is 2.30. The Morgan fingerprint density at radius 3 is 2.55 bits per heavy atom. The van der Waals surface area contributed by atoms with Crippen LogP contribution >= 0.6 is 0 Å². The van der Waals surface area contributed by atoms with Crippen molar-refractivity contribution in [2.75, 3.05) is 13.1 Å². The van der Waals surface area contributed by atoms with Crippen LogP contribution in [-0.4, -0.2) is 30.1 Å². The van der Waals surface area contributed by atoms with Gasteiger partial charge >= 0.3 is 0 Å². The molecule has 2 nitrogen and oxygen atoms in total. The van der Waals surface area contributed by atoms with Gasteiger partial charge in [0.1, 0.15) is 5.82 Å². The van der Waals surface area contributed by atoms with Gasteiger partial charge in [-0.1, -0.05) is 39.0 Å². The van der Waals surface area contributed by atoms with Crippen LogP contribution in [0, 0.1) is 11.2 Å². The molecule has 1 fully saturated rings.